The summed E-state index contributed by atoms with van der Waals surface area (Å²) in [5.74, 6) is 0.109. The Labute approximate surface area is 112 Å². The number of rotatable bonds is 5. The number of methoxy groups -OCH3 is 1. The van der Waals surface area contributed by atoms with E-state index >= 15 is 0 Å². The summed E-state index contributed by atoms with van der Waals surface area (Å²) in [5, 5.41) is 19.9. The Morgan fingerprint density at radius 1 is 1.42 bits per heavy atom. The summed E-state index contributed by atoms with van der Waals surface area (Å²) in [7, 11) is 1.38. The zero-order chi connectivity index (χ0) is 13.7. The van der Waals surface area contributed by atoms with Crippen molar-refractivity contribution < 1.29 is 14.6 Å². The number of carbonyl (C=O) groups is 1. The molecule has 1 aliphatic carbocycles. The number of anilines is 1. The average molecular weight is 265 g/mol. The Morgan fingerprint density at radius 2 is 2.16 bits per heavy atom. The number of hydrogen-bond donors (Lipinski definition) is 2. The van der Waals surface area contributed by atoms with Crippen LogP contribution in [-0.2, 0) is 0 Å². The number of aromatic nitrogens is 2. The van der Waals surface area contributed by atoms with Crippen LogP contribution in [0.25, 0.3) is 0 Å². The van der Waals surface area contributed by atoms with Crippen LogP contribution in [0.5, 0.6) is 5.88 Å². The highest BCUT2D eigenvalue weighted by molar-refractivity contribution is 5.90. The number of hydrogen-bond acceptors (Lipinski definition) is 5. The summed E-state index contributed by atoms with van der Waals surface area (Å²) < 4.78 is 4.87. The second kappa shape index (κ2) is 6.36. The summed E-state index contributed by atoms with van der Waals surface area (Å²) in [6, 6.07) is 1.47. The molecule has 0 unspecified atom stereocenters. The first-order valence-electron chi connectivity index (χ1n) is 6.59. The topological polar surface area (TPSA) is 84.3 Å². The fourth-order valence-corrected chi connectivity index (χ4v) is 2.41. The molecule has 0 amide bonds. The van der Waals surface area contributed by atoms with E-state index in [9.17, 15) is 4.79 Å². The Morgan fingerprint density at radius 3 is 2.79 bits per heavy atom. The van der Waals surface area contributed by atoms with E-state index < -0.39 is 5.97 Å². The first-order chi connectivity index (χ1) is 9.20. The summed E-state index contributed by atoms with van der Waals surface area (Å²) in [6.45, 7) is 0.820. The van der Waals surface area contributed by atoms with Crippen molar-refractivity contribution in [3.63, 3.8) is 0 Å². The molecular formula is C13H19N3O3. The van der Waals surface area contributed by atoms with Crippen LogP contribution in [0.15, 0.2) is 6.07 Å². The molecule has 1 fully saturated rings. The van der Waals surface area contributed by atoms with Gasteiger partial charge in [0.05, 0.1) is 7.11 Å². The largest absolute Gasteiger partial charge is 0.479 e. The Balaban J connectivity index is 2.00. The van der Waals surface area contributed by atoms with Crippen molar-refractivity contribution in [3.05, 3.63) is 11.6 Å². The van der Waals surface area contributed by atoms with Crippen molar-refractivity contribution in [2.45, 2.75) is 32.1 Å². The van der Waals surface area contributed by atoms with E-state index in [0.717, 1.165) is 6.54 Å². The summed E-state index contributed by atoms with van der Waals surface area (Å²) in [4.78, 5) is 11.1. The number of ether oxygens (including phenoxy) is 1. The second-order valence-electron chi connectivity index (χ2n) is 4.84. The maximum absolute atomic E-state index is 11.1. The van der Waals surface area contributed by atoms with Crippen molar-refractivity contribution in [3.8, 4) is 5.88 Å². The fraction of sp³-hybridized carbons (Fsp3) is 0.615. The van der Waals surface area contributed by atoms with E-state index in [2.05, 4.69) is 15.5 Å². The van der Waals surface area contributed by atoms with Gasteiger partial charge in [-0.3, -0.25) is 0 Å². The van der Waals surface area contributed by atoms with Gasteiger partial charge in [-0.05, 0) is 18.8 Å². The molecule has 0 saturated heterocycles. The van der Waals surface area contributed by atoms with E-state index in [1.165, 1.54) is 45.3 Å². The normalized spacial score (nSPS) is 16.1. The third kappa shape index (κ3) is 3.56. The molecule has 1 aromatic rings. The fourth-order valence-electron chi connectivity index (χ4n) is 2.41. The molecule has 2 rings (SSSR count). The van der Waals surface area contributed by atoms with Gasteiger partial charge in [-0.15, -0.1) is 10.2 Å². The van der Waals surface area contributed by atoms with E-state index in [-0.39, 0.29) is 11.4 Å². The number of aromatic carboxylic acids is 1. The predicted molar refractivity (Wildman–Crippen MR) is 70.6 cm³/mol. The van der Waals surface area contributed by atoms with Gasteiger partial charge in [-0.1, -0.05) is 19.3 Å². The molecule has 0 aromatic carbocycles. The lowest BCUT2D eigenvalue weighted by molar-refractivity contribution is 0.0692. The molecule has 19 heavy (non-hydrogen) atoms. The van der Waals surface area contributed by atoms with E-state index in [1.54, 1.807) is 0 Å². The van der Waals surface area contributed by atoms with Crippen LogP contribution in [0.2, 0.25) is 0 Å². The molecule has 1 aromatic heterocycles. The number of carboxylic acid groups (broad SMARTS) is 1. The van der Waals surface area contributed by atoms with Gasteiger partial charge in [0.2, 0.25) is 5.88 Å². The van der Waals surface area contributed by atoms with Crippen molar-refractivity contribution in [1.82, 2.24) is 10.2 Å². The molecule has 104 valence electrons. The molecule has 1 heterocycles. The molecule has 0 aliphatic heterocycles. The number of carboxylic acids is 1. The SMILES string of the molecule is COc1nnc(NCC2CCCCC2)cc1C(=O)O. The lowest BCUT2D eigenvalue weighted by Crippen LogP contribution is -2.18. The molecule has 6 heteroatoms. The zero-order valence-corrected chi connectivity index (χ0v) is 11.1. The minimum atomic E-state index is -1.06. The zero-order valence-electron chi connectivity index (χ0n) is 11.1. The Hall–Kier alpha value is -1.85. The van der Waals surface area contributed by atoms with Crippen molar-refractivity contribution in [2.75, 3.05) is 19.0 Å². The molecule has 6 nitrogen and oxygen atoms in total. The Bertz CT molecular complexity index is 445. The Kier molecular flexibility index (Phi) is 4.54. The lowest BCUT2D eigenvalue weighted by Gasteiger charge is -2.21. The molecular weight excluding hydrogens is 246 g/mol. The summed E-state index contributed by atoms with van der Waals surface area (Å²) >= 11 is 0. The molecule has 0 atom stereocenters. The smallest absolute Gasteiger partial charge is 0.341 e. The van der Waals surface area contributed by atoms with Crippen LogP contribution in [0.3, 0.4) is 0 Å². The van der Waals surface area contributed by atoms with E-state index in [4.69, 9.17) is 9.84 Å². The third-order valence-corrected chi connectivity index (χ3v) is 3.48. The van der Waals surface area contributed by atoms with Crippen LogP contribution in [0.4, 0.5) is 5.82 Å². The maximum atomic E-state index is 11.1. The maximum Gasteiger partial charge on any atom is 0.341 e. The molecule has 2 N–H and O–H groups in total. The highest BCUT2D eigenvalue weighted by atomic mass is 16.5. The molecule has 0 spiro atoms. The highest BCUT2D eigenvalue weighted by Crippen LogP contribution is 2.24. The van der Waals surface area contributed by atoms with Gasteiger partial charge in [-0.2, -0.15) is 0 Å². The summed E-state index contributed by atoms with van der Waals surface area (Å²) in [6.07, 6.45) is 6.33. The second-order valence-corrected chi connectivity index (χ2v) is 4.84. The average Bonchev–Trinajstić information content (AvgIpc) is 2.46. The monoisotopic (exact) mass is 265 g/mol. The molecule has 0 radical (unpaired) electrons. The van der Waals surface area contributed by atoms with E-state index in [0.29, 0.717) is 11.7 Å². The predicted octanol–water partition coefficient (Wildman–Crippen LogP) is 2.18. The minimum absolute atomic E-state index is 0.0312. The van der Waals surface area contributed by atoms with Crippen LogP contribution in [-0.4, -0.2) is 34.9 Å². The van der Waals surface area contributed by atoms with Gasteiger partial charge < -0.3 is 15.2 Å². The van der Waals surface area contributed by atoms with Crippen LogP contribution in [0.1, 0.15) is 42.5 Å². The molecule has 1 aliphatic rings. The number of nitrogens with one attached hydrogen (secondary N) is 1. The van der Waals surface area contributed by atoms with Crippen LogP contribution in [0, 0.1) is 5.92 Å². The van der Waals surface area contributed by atoms with Gasteiger partial charge in [-0.25, -0.2) is 4.79 Å². The quantitative estimate of drug-likeness (QED) is 0.848. The minimum Gasteiger partial charge on any atom is -0.479 e. The third-order valence-electron chi connectivity index (χ3n) is 3.48. The van der Waals surface area contributed by atoms with Crippen LogP contribution < -0.4 is 10.1 Å². The number of nitrogens with zero attached hydrogens (tertiary/aromatic N) is 2. The molecule has 0 bridgehead atoms. The van der Waals surface area contributed by atoms with Gasteiger partial charge in [0.15, 0.2) is 0 Å². The van der Waals surface area contributed by atoms with Gasteiger partial charge in [0.1, 0.15) is 11.4 Å². The summed E-state index contributed by atoms with van der Waals surface area (Å²) in [5.41, 5.74) is 0.0312. The van der Waals surface area contributed by atoms with Crippen molar-refractivity contribution >= 4 is 11.8 Å². The van der Waals surface area contributed by atoms with Gasteiger partial charge in [0.25, 0.3) is 0 Å². The van der Waals surface area contributed by atoms with Crippen molar-refractivity contribution in [2.24, 2.45) is 5.92 Å². The van der Waals surface area contributed by atoms with Crippen LogP contribution >= 0.6 is 0 Å². The standard InChI is InChI=1S/C13H19N3O3/c1-19-12-10(13(17)18)7-11(15-16-12)14-8-9-5-3-2-4-6-9/h7,9H,2-6,8H2,1H3,(H,14,15)(H,17,18). The van der Waals surface area contributed by atoms with E-state index in [1.807, 2.05) is 0 Å². The van der Waals surface area contributed by atoms with Gasteiger partial charge in [0, 0.05) is 12.6 Å². The van der Waals surface area contributed by atoms with Gasteiger partial charge >= 0.3 is 5.97 Å². The van der Waals surface area contributed by atoms with Crippen molar-refractivity contribution in [1.29, 1.82) is 0 Å². The lowest BCUT2D eigenvalue weighted by atomic mass is 9.89. The first-order valence-corrected chi connectivity index (χ1v) is 6.59. The molecule has 1 saturated carbocycles. The first kappa shape index (κ1) is 13.6. The highest BCUT2D eigenvalue weighted by Gasteiger charge is 2.16.